The molecule has 3 rings (SSSR count). The fourth-order valence-corrected chi connectivity index (χ4v) is 2.55. The van der Waals surface area contributed by atoms with Crippen LogP contribution in [0.3, 0.4) is 0 Å². The summed E-state index contributed by atoms with van der Waals surface area (Å²) in [5.41, 5.74) is 3.48. The minimum atomic E-state index is -0.121. The van der Waals surface area contributed by atoms with Gasteiger partial charge in [0.05, 0.1) is 4.70 Å². The van der Waals surface area contributed by atoms with Gasteiger partial charge in [-0.2, -0.15) is 0 Å². The number of rotatable bonds is 3. The quantitative estimate of drug-likeness (QED) is 0.800. The van der Waals surface area contributed by atoms with Crippen LogP contribution in [0.4, 0.5) is 5.69 Å². The van der Waals surface area contributed by atoms with Crippen LogP contribution in [0.25, 0.3) is 10.2 Å². The van der Waals surface area contributed by atoms with Gasteiger partial charge in [-0.1, -0.05) is 23.5 Å². The number of fused-ring (bicyclic) bond motifs is 1. The Morgan fingerprint density at radius 2 is 2.00 bits per heavy atom. The van der Waals surface area contributed by atoms with Crippen LogP contribution in [0.15, 0.2) is 42.5 Å². The third kappa shape index (κ3) is 2.53. The molecule has 0 spiro atoms. The first kappa shape index (κ1) is 12.7. The zero-order valence-corrected chi connectivity index (χ0v) is 11.8. The topological polar surface area (TPSA) is 54.9 Å². The molecule has 0 aliphatic carbocycles. The second-order valence-electron chi connectivity index (χ2n) is 4.46. The second kappa shape index (κ2) is 5.38. The summed E-state index contributed by atoms with van der Waals surface area (Å²) in [4.78, 5) is 12.2. The van der Waals surface area contributed by atoms with Gasteiger partial charge < -0.3 is 5.32 Å². The van der Waals surface area contributed by atoms with Crippen LogP contribution in [0.1, 0.15) is 22.8 Å². The molecule has 1 N–H and O–H groups in total. The van der Waals surface area contributed by atoms with Crippen molar-refractivity contribution < 1.29 is 4.79 Å². The lowest BCUT2D eigenvalue weighted by Crippen LogP contribution is -2.11. The van der Waals surface area contributed by atoms with Crippen LogP contribution in [0.2, 0.25) is 0 Å². The summed E-state index contributed by atoms with van der Waals surface area (Å²) in [6, 6.07) is 13.3. The molecule has 0 fully saturated rings. The molecule has 100 valence electrons. The van der Waals surface area contributed by atoms with E-state index in [0.717, 1.165) is 22.3 Å². The monoisotopic (exact) mass is 283 g/mol. The zero-order chi connectivity index (χ0) is 13.9. The Balaban J connectivity index is 1.80. The van der Waals surface area contributed by atoms with Gasteiger partial charge in [0, 0.05) is 11.3 Å². The maximum atomic E-state index is 12.2. The van der Waals surface area contributed by atoms with Crippen LogP contribution in [-0.2, 0) is 6.42 Å². The molecule has 3 aromatic rings. The predicted octanol–water partition coefficient (Wildman–Crippen LogP) is 3.51. The fourth-order valence-electron chi connectivity index (χ4n) is 1.95. The fraction of sp³-hybridized carbons (Fsp3) is 0.133. The van der Waals surface area contributed by atoms with Crippen molar-refractivity contribution in [3.05, 3.63) is 53.6 Å². The van der Waals surface area contributed by atoms with Crippen molar-refractivity contribution in [2.24, 2.45) is 0 Å². The number of carbonyl (C=O) groups is 1. The molecule has 0 unspecified atom stereocenters. The van der Waals surface area contributed by atoms with E-state index in [0.29, 0.717) is 5.56 Å². The van der Waals surface area contributed by atoms with Gasteiger partial charge in [-0.25, -0.2) is 0 Å². The van der Waals surface area contributed by atoms with Gasteiger partial charge in [-0.3, -0.25) is 4.79 Å². The van der Waals surface area contributed by atoms with Crippen LogP contribution in [-0.4, -0.2) is 15.5 Å². The first-order valence-corrected chi connectivity index (χ1v) is 7.16. The number of hydrogen-bond acceptors (Lipinski definition) is 4. The average molecular weight is 283 g/mol. The molecule has 1 aromatic heterocycles. The van der Waals surface area contributed by atoms with E-state index in [-0.39, 0.29) is 5.91 Å². The third-order valence-corrected chi connectivity index (χ3v) is 3.82. The molecule has 0 atom stereocenters. The molecule has 0 radical (unpaired) electrons. The lowest BCUT2D eigenvalue weighted by Gasteiger charge is -2.06. The van der Waals surface area contributed by atoms with Crippen molar-refractivity contribution >= 4 is 33.3 Å². The maximum absolute atomic E-state index is 12.2. The molecule has 0 aliphatic heterocycles. The number of nitrogens with one attached hydrogen (secondary N) is 1. The van der Waals surface area contributed by atoms with Crippen molar-refractivity contribution in [1.29, 1.82) is 0 Å². The third-order valence-electron chi connectivity index (χ3n) is 3.13. The van der Waals surface area contributed by atoms with Crippen LogP contribution >= 0.6 is 11.5 Å². The van der Waals surface area contributed by atoms with E-state index in [1.807, 2.05) is 36.4 Å². The van der Waals surface area contributed by atoms with Gasteiger partial charge in [-0.15, -0.1) is 5.10 Å². The number of nitrogens with zero attached hydrogens (tertiary/aromatic N) is 2. The van der Waals surface area contributed by atoms with Gasteiger partial charge >= 0.3 is 0 Å². The average Bonchev–Trinajstić information content (AvgIpc) is 2.95. The highest BCUT2D eigenvalue weighted by Crippen LogP contribution is 2.18. The van der Waals surface area contributed by atoms with E-state index >= 15 is 0 Å². The highest BCUT2D eigenvalue weighted by atomic mass is 32.1. The highest BCUT2D eigenvalue weighted by Gasteiger charge is 2.08. The molecule has 4 nitrogen and oxygen atoms in total. The number of carbonyl (C=O) groups excluding carboxylic acids is 1. The first-order chi connectivity index (χ1) is 9.76. The Hall–Kier alpha value is -2.27. The van der Waals surface area contributed by atoms with Crippen molar-refractivity contribution in [1.82, 2.24) is 9.59 Å². The molecule has 0 saturated carbocycles. The Kier molecular flexibility index (Phi) is 3.43. The van der Waals surface area contributed by atoms with E-state index in [4.69, 9.17) is 0 Å². The summed E-state index contributed by atoms with van der Waals surface area (Å²) in [6.07, 6.45) is 0.989. The minimum absolute atomic E-state index is 0.121. The first-order valence-electron chi connectivity index (χ1n) is 6.38. The van der Waals surface area contributed by atoms with Gasteiger partial charge in [0.1, 0.15) is 5.52 Å². The van der Waals surface area contributed by atoms with Gasteiger partial charge in [0.25, 0.3) is 5.91 Å². The number of aryl methyl sites for hydroxylation is 1. The number of anilines is 1. The van der Waals surface area contributed by atoms with E-state index in [1.54, 1.807) is 6.07 Å². The molecule has 0 saturated heterocycles. The van der Waals surface area contributed by atoms with Gasteiger partial charge in [0.2, 0.25) is 0 Å². The summed E-state index contributed by atoms with van der Waals surface area (Å²) in [5.74, 6) is -0.121. The largest absolute Gasteiger partial charge is 0.322 e. The molecule has 2 aromatic carbocycles. The lowest BCUT2D eigenvalue weighted by atomic mass is 10.1. The van der Waals surface area contributed by atoms with Gasteiger partial charge in [-0.05, 0) is 53.8 Å². The van der Waals surface area contributed by atoms with E-state index in [2.05, 4.69) is 21.8 Å². The second-order valence-corrected chi connectivity index (χ2v) is 5.25. The molecule has 5 heteroatoms. The molecule has 0 aliphatic rings. The van der Waals surface area contributed by atoms with Crippen LogP contribution < -0.4 is 5.32 Å². The van der Waals surface area contributed by atoms with E-state index in [1.165, 1.54) is 17.1 Å². The normalized spacial score (nSPS) is 10.7. The highest BCUT2D eigenvalue weighted by molar-refractivity contribution is 7.12. The smallest absolute Gasteiger partial charge is 0.255 e. The number of aromatic nitrogens is 2. The van der Waals surface area contributed by atoms with Crippen molar-refractivity contribution in [3.63, 3.8) is 0 Å². The molecule has 20 heavy (non-hydrogen) atoms. The van der Waals surface area contributed by atoms with Crippen LogP contribution in [0.5, 0.6) is 0 Å². The van der Waals surface area contributed by atoms with E-state index in [9.17, 15) is 4.79 Å². The Labute approximate surface area is 120 Å². The Bertz CT molecular complexity index is 749. The lowest BCUT2D eigenvalue weighted by molar-refractivity contribution is 0.102. The molecule has 0 bridgehead atoms. The summed E-state index contributed by atoms with van der Waals surface area (Å²) in [7, 11) is 0. The number of hydrogen-bond donors (Lipinski definition) is 1. The van der Waals surface area contributed by atoms with E-state index < -0.39 is 0 Å². The molecule has 1 amide bonds. The summed E-state index contributed by atoms with van der Waals surface area (Å²) >= 11 is 1.29. The maximum Gasteiger partial charge on any atom is 0.255 e. The number of amides is 1. The SMILES string of the molecule is CCc1ccc(NC(=O)c2ccc3nnsc3c2)cc1. The predicted molar refractivity (Wildman–Crippen MR) is 81.2 cm³/mol. The molecular formula is C15H13N3OS. The van der Waals surface area contributed by atoms with Crippen molar-refractivity contribution in [2.75, 3.05) is 5.32 Å². The van der Waals surface area contributed by atoms with Crippen LogP contribution in [0, 0.1) is 0 Å². The van der Waals surface area contributed by atoms with Gasteiger partial charge in [0.15, 0.2) is 0 Å². The number of benzene rings is 2. The Morgan fingerprint density at radius 1 is 1.20 bits per heavy atom. The molecule has 1 heterocycles. The van der Waals surface area contributed by atoms with Crippen molar-refractivity contribution in [2.45, 2.75) is 13.3 Å². The standard InChI is InChI=1S/C15H13N3OS/c1-2-10-3-6-12(7-4-10)16-15(19)11-5-8-13-14(9-11)20-18-17-13/h3-9H,2H2,1H3,(H,16,19). The summed E-state index contributed by atoms with van der Waals surface area (Å²) in [5, 5.41) is 6.85. The summed E-state index contributed by atoms with van der Waals surface area (Å²) < 4.78 is 4.78. The zero-order valence-electron chi connectivity index (χ0n) is 11.0. The summed E-state index contributed by atoms with van der Waals surface area (Å²) in [6.45, 7) is 2.10. The van der Waals surface area contributed by atoms with Crippen molar-refractivity contribution in [3.8, 4) is 0 Å². The molecular weight excluding hydrogens is 270 g/mol. The minimum Gasteiger partial charge on any atom is -0.322 e. The Morgan fingerprint density at radius 3 is 2.75 bits per heavy atom.